The zero-order valence-electron chi connectivity index (χ0n) is 10.7. The van der Waals surface area contributed by atoms with E-state index in [2.05, 4.69) is 4.99 Å². The highest BCUT2D eigenvalue weighted by Gasteiger charge is 2.40. The Labute approximate surface area is 110 Å². The third-order valence-electron chi connectivity index (χ3n) is 3.25. The van der Waals surface area contributed by atoms with E-state index in [-0.39, 0.29) is 5.57 Å². The summed E-state index contributed by atoms with van der Waals surface area (Å²) in [6.45, 7) is 3.38. The molecule has 19 heavy (non-hydrogen) atoms. The summed E-state index contributed by atoms with van der Waals surface area (Å²) in [7, 11) is 0. The van der Waals surface area contributed by atoms with Gasteiger partial charge in [0.05, 0.1) is 18.1 Å². The molecule has 4 N–H and O–H groups in total. The van der Waals surface area contributed by atoms with Gasteiger partial charge >= 0.3 is 0 Å². The van der Waals surface area contributed by atoms with Gasteiger partial charge in [-0.2, -0.15) is 0 Å². The number of allylic oxidation sites excluding steroid dienone is 1. The van der Waals surface area contributed by atoms with E-state index in [1.54, 1.807) is 26.0 Å². The Hall–Kier alpha value is -2.37. The predicted octanol–water partition coefficient (Wildman–Crippen LogP) is 0.699. The van der Waals surface area contributed by atoms with Crippen LogP contribution in [0, 0.1) is 5.92 Å². The summed E-state index contributed by atoms with van der Waals surface area (Å²) < 4.78 is 5.33. The number of carbonyl (C=O) groups excluding carboxylic acids is 2. The van der Waals surface area contributed by atoms with E-state index in [1.807, 2.05) is 0 Å². The second-order valence-electron chi connectivity index (χ2n) is 4.49. The van der Waals surface area contributed by atoms with Crippen molar-refractivity contribution in [3.05, 3.63) is 35.4 Å². The van der Waals surface area contributed by atoms with E-state index in [1.165, 1.54) is 6.26 Å². The summed E-state index contributed by atoms with van der Waals surface area (Å²) in [5, 5.41) is 0. The lowest BCUT2D eigenvalue weighted by Crippen LogP contribution is -2.39. The number of aliphatic imine (C=N–C) groups is 1. The molecule has 0 fully saturated rings. The molecule has 0 spiro atoms. The zero-order chi connectivity index (χ0) is 14.2. The molecule has 2 heterocycles. The SMILES string of the molecule is CC1=NC(C)=C(C(N)=O)[C@H](c2ccco2)C1C(N)=O. The van der Waals surface area contributed by atoms with Crippen LogP contribution in [-0.4, -0.2) is 17.5 Å². The Bertz CT molecular complexity index is 584. The van der Waals surface area contributed by atoms with E-state index in [0.29, 0.717) is 17.2 Å². The van der Waals surface area contributed by atoms with E-state index in [0.717, 1.165) is 0 Å². The van der Waals surface area contributed by atoms with Gasteiger partial charge in [0.1, 0.15) is 5.76 Å². The minimum Gasteiger partial charge on any atom is -0.469 e. The summed E-state index contributed by atoms with van der Waals surface area (Å²) in [6, 6.07) is 3.37. The van der Waals surface area contributed by atoms with Crippen LogP contribution in [0.3, 0.4) is 0 Å². The second-order valence-corrected chi connectivity index (χ2v) is 4.49. The number of rotatable bonds is 3. The molecule has 1 aromatic heterocycles. The van der Waals surface area contributed by atoms with Crippen molar-refractivity contribution in [2.45, 2.75) is 19.8 Å². The number of amides is 2. The highest BCUT2D eigenvalue weighted by Crippen LogP contribution is 2.38. The Morgan fingerprint density at radius 2 is 2.00 bits per heavy atom. The van der Waals surface area contributed by atoms with Gasteiger partial charge in [-0.3, -0.25) is 14.6 Å². The van der Waals surface area contributed by atoms with Gasteiger partial charge in [0.25, 0.3) is 0 Å². The summed E-state index contributed by atoms with van der Waals surface area (Å²) in [5.41, 5.74) is 12.1. The van der Waals surface area contributed by atoms with Crippen LogP contribution in [0.15, 0.2) is 39.1 Å². The average Bonchev–Trinajstić information content (AvgIpc) is 2.79. The molecular formula is C13H15N3O3. The lowest BCUT2D eigenvalue weighted by atomic mass is 9.77. The molecule has 100 valence electrons. The Morgan fingerprint density at radius 1 is 1.32 bits per heavy atom. The van der Waals surface area contributed by atoms with Crippen molar-refractivity contribution in [3.63, 3.8) is 0 Å². The highest BCUT2D eigenvalue weighted by atomic mass is 16.3. The van der Waals surface area contributed by atoms with Crippen molar-refractivity contribution < 1.29 is 14.0 Å². The van der Waals surface area contributed by atoms with Crippen LogP contribution in [0.5, 0.6) is 0 Å². The number of nitrogens with two attached hydrogens (primary N) is 2. The summed E-state index contributed by atoms with van der Waals surface area (Å²) in [4.78, 5) is 27.5. The van der Waals surface area contributed by atoms with Crippen molar-refractivity contribution >= 4 is 17.5 Å². The summed E-state index contributed by atoms with van der Waals surface area (Å²) >= 11 is 0. The largest absolute Gasteiger partial charge is 0.469 e. The minimum atomic E-state index is -0.725. The van der Waals surface area contributed by atoms with Crippen molar-refractivity contribution in [1.82, 2.24) is 0 Å². The Morgan fingerprint density at radius 3 is 2.47 bits per heavy atom. The first-order chi connectivity index (χ1) is 8.93. The molecule has 1 aromatic rings. The first-order valence-electron chi connectivity index (χ1n) is 5.82. The van der Waals surface area contributed by atoms with Crippen LogP contribution in [0.4, 0.5) is 0 Å². The molecule has 1 unspecified atom stereocenters. The molecule has 0 bridgehead atoms. The molecule has 1 aliphatic heterocycles. The molecule has 0 aromatic carbocycles. The topological polar surface area (TPSA) is 112 Å². The monoisotopic (exact) mass is 261 g/mol. The van der Waals surface area contributed by atoms with Crippen LogP contribution in [-0.2, 0) is 9.59 Å². The third-order valence-corrected chi connectivity index (χ3v) is 3.25. The average molecular weight is 261 g/mol. The van der Waals surface area contributed by atoms with Gasteiger partial charge < -0.3 is 15.9 Å². The van der Waals surface area contributed by atoms with Gasteiger partial charge in [0.2, 0.25) is 11.8 Å². The second kappa shape index (κ2) is 4.72. The first-order valence-corrected chi connectivity index (χ1v) is 5.82. The normalized spacial score (nSPS) is 23.2. The molecule has 1 aliphatic rings. The molecule has 0 radical (unpaired) electrons. The van der Waals surface area contributed by atoms with Gasteiger partial charge in [-0.25, -0.2) is 0 Å². The predicted molar refractivity (Wildman–Crippen MR) is 69.1 cm³/mol. The van der Waals surface area contributed by atoms with Crippen molar-refractivity contribution in [1.29, 1.82) is 0 Å². The number of hydrogen-bond donors (Lipinski definition) is 2. The fourth-order valence-electron chi connectivity index (χ4n) is 2.50. The molecule has 6 heteroatoms. The van der Waals surface area contributed by atoms with Crippen LogP contribution < -0.4 is 11.5 Å². The van der Waals surface area contributed by atoms with Crippen molar-refractivity contribution in [3.8, 4) is 0 Å². The maximum Gasteiger partial charge on any atom is 0.247 e. The molecule has 2 amide bonds. The summed E-state index contributed by atoms with van der Waals surface area (Å²) in [5.74, 6) is -2.04. The van der Waals surface area contributed by atoms with Gasteiger partial charge in [0, 0.05) is 17.0 Å². The van der Waals surface area contributed by atoms with Crippen molar-refractivity contribution in [2.24, 2.45) is 22.4 Å². The number of furan rings is 1. The number of carbonyl (C=O) groups is 2. The smallest absolute Gasteiger partial charge is 0.247 e. The highest BCUT2D eigenvalue weighted by molar-refractivity contribution is 6.08. The zero-order valence-corrected chi connectivity index (χ0v) is 10.7. The Kier molecular flexibility index (Phi) is 3.25. The van der Waals surface area contributed by atoms with Crippen LogP contribution >= 0.6 is 0 Å². The molecule has 0 saturated heterocycles. The van der Waals surface area contributed by atoms with E-state index >= 15 is 0 Å². The van der Waals surface area contributed by atoms with Gasteiger partial charge in [-0.15, -0.1) is 0 Å². The quantitative estimate of drug-likeness (QED) is 0.835. The van der Waals surface area contributed by atoms with Crippen LogP contribution in [0.25, 0.3) is 0 Å². The van der Waals surface area contributed by atoms with Gasteiger partial charge in [0.15, 0.2) is 0 Å². The maximum absolute atomic E-state index is 11.7. The minimum absolute atomic E-state index is 0.268. The number of primary amides is 2. The fourth-order valence-corrected chi connectivity index (χ4v) is 2.50. The lowest BCUT2D eigenvalue weighted by molar-refractivity contribution is -0.120. The molecule has 2 atom stereocenters. The van der Waals surface area contributed by atoms with E-state index < -0.39 is 23.7 Å². The lowest BCUT2D eigenvalue weighted by Gasteiger charge is -2.28. The van der Waals surface area contributed by atoms with E-state index in [4.69, 9.17) is 15.9 Å². The molecule has 6 nitrogen and oxygen atoms in total. The van der Waals surface area contributed by atoms with Crippen LogP contribution in [0.2, 0.25) is 0 Å². The molecule has 2 rings (SSSR count). The summed E-state index contributed by atoms with van der Waals surface area (Å²) in [6.07, 6.45) is 1.47. The van der Waals surface area contributed by atoms with Gasteiger partial charge in [-0.1, -0.05) is 0 Å². The van der Waals surface area contributed by atoms with Gasteiger partial charge in [-0.05, 0) is 26.0 Å². The third kappa shape index (κ3) is 2.16. The number of hydrogen-bond acceptors (Lipinski definition) is 4. The van der Waals surface area contributed by atoms with E-state index in [9.17, 15) is 9.59 Å². The Balaban J connectivity index is 2.63. The van der Waals surface area contributed by atoms with Crippen LogP contribution in [0.1, 0.15) is 25.5 Å². The first kappa shape index (κ1) is 13.1. The van der Waals surface area contributed by atoms with Crippen molar-refractivity contribution in [2.75, 3.05) is 0 Å². The molecule has 0 aliphatic carbocycles. The fraction of sp³-hybridized carbons (Fsp3) is 0.308. The standard InChI is InChI=1S/C13H15N3O3/c1-6-9(12(14)17)11(8-4-3-5-19-8)10(13(15)18)7(2)16-6/h3-5,9,11H,1-2H3,(H2,14,17)(H2,15,18)/t9?,11-/m1/s1. The maximum atomic E-state index is 11.7. The number of nitrogens with zero attached hydrogens (tertiary/aromatic N) is 1. The molecule has 0 saturated carbocycles. The molecular weight excluding hydrogens is 246 g/mol.